The molecule has 0 aliphatic carbocycles. The van der Waals surface area contributed by atoms with Gasteiger partial charge in [0, 0.05) is 42.7 Å². The number of hydrogen-bond acceptors (Lipinski definition) is 9. The Hall–Kier alpha value is -4.10. The molecule has 0 saturated carbocycles. The van der Waals surface area contributed by atoms with Crippen LogP contribution in [0.4, 0.5) is 5.82 Å². The van der Waals surface area contributed by atoms with Crippen LogP contribution in [0.1, 0.15) is 12.6 Å². The van der Waals surface area contributed by atoms with Gasteiger partial charge in [-0.15, -0.1) is 0 Å². The lowest BCUT2D eigenvalue weighted by atomic mass is 10.2. The lowest BCUT2D eigenvalue weighted by Gasteiger charge is -2.29. The molecule has 0 radical (unpaired) electrons. The first kappa shape index (κ1) is 26.1. The van der Waals surface area contributed by atoms with Crippen molar-refractivity contribution in [2.45, 2.75) is 32.7 Å². The predicted molar refractivity (Wildman–Crippen MR) is 150 cm³/mol. The molecule has 1 aliphatic heterocycles. The summed E-state index contributed by atoms with van der Waals surface area (Å²) in [7, 11) is 0. The van der Waals surface area contributed by atoms with E-state index < -0.39 is 12.1 Å². The highest BCUT2D eigenvalue weighted by atomic mass is 16.5. The molecule has 5 heterocycles. The molecule has 208 valence electrons. The van der Waals surface area contributed by atoms with Crippen LogP contribution in [-0.2, 0) is 16.2 Å². The van der Waals surface area contributed by atoms with Gasteiger partial charge in [-0.3, -0.25) is 0 Å². The second-order valence-corrected chi connectivity index (χ2v) is 9.96. The minimum atomic E-state index is -0.642. The molecule has 40 heavy (non-hydrogen) atoms. The zero-order chi connectivity index (χ0) is 27.6. The number of aromatic nitrogens is 7. The average Bonchev–Trinajstić information content (AvgIpc) is 3.72. The normalized spacial score (nSPS) is 15.6. The van der Waals surface area contributed by atoms with Gasteiger partial charge < -0.3 is 25.2 Å². The van der Waals surface area contributed by atoms with Gasteiger partial charge >= 0.3 is 0 Å². The number of benzene rings is 1. The fraction of sp³-hybridized carbons (Fsp3) is 0.357. The standard InChI is InChI=1S/C28H33N9O3/c1-19-14-24(32-36(19)18-40-17-22(29)20(2)38)25-15-27-30-26(16-28(37(27)33-25)34-10-12-39-13-11-34)35-9-8-23(31-35)21-6-4-3-5-7-21/h3-9,14-16,20,22,38H,10-13,17-18,29H2,1-2H3. The summed E-state index contributed by atoms with van der Waals surface area (Å²) in [6.45, 7) is 6.87. The van der Waals surface area contributed by atoms with Crippen molar-refractivity contribution >= 4 is 11.5 Å². The Labute approximate surface area is 231 Å². The van der Waals surface area contributed by atoms with Crippen molar-refractivity contribution in [2.24, 2.45) is 5.73 Å². The molecule has 4 aromatic heterocycles. The van der Waals surface area contributed by atoms with Gasteiger partial charge in [-0.1, -0.05) is 30.3 Å². The molecule has 2 atom stereocenters. The highest BCUT2D eigenvalue weighted by molar-refractivity contribution is 5.65. The number of nitrogens with zero attached hydrogens (tertiary/aromatic N) is 8. The third kappa shape index (κ3) is 5.34. The van der Waals surface area contributed by atoms with E-state index in [1.165, 1.54) is 0 Å². The predicted octanol–water partition coefficient (Wildman–Crippen LogP) is 2.27. The molecular formula is C28H33N9O3. The zero-order valence-corrected chi connectivity index (χ0v) is 22.6. The summed E-state index contributed by atoms with van der Waals surface area (Å²) < 4.78 is 16.7. The van der Waals surface area contributed by atoms with Crippen LogP contribution in [0.5, 0.6) is 0 Å². The highest BCUT2D eigenvalue weighted by Crippen LogP contribution is 2.26. The molecule has 2 unspecified atom stereocenters. The van der Waals surface area contributed by atoms with E-state index in [2.05, 4.69) is 4.90 Å². The zero-order valence-electron chi connectivity index (χ0n) is 22.6. The van der Waals surface area contributed by atoms with E-state index in [4.69, 9.17) is 35.5 Å². The maximum Gasteiger partial charge on any atom is 0.160 e. The van der Waals surface area contributed by atoms with Crippen molar-refractivity contribution < 1.29 is 14.6 Å². The molecule has 0 spiro atoms. The smallest absolute Gasteiger partial charge is 0.160 e. The van der Waals surface area contributed by atoms with Gasteiger partial charge in [-0.05, 0) is 26.0 Å². The summed E-state index contributed by atoms with van der Waals surface area (Å²) in [6, 6.07) is 17.5. The molecule has 0 amide bonds. The first-order valence-electron chi connectivity index (χ1n) is 13.4. The topological polar surface area (TPSA) is 134 Å². The van der Waals surface area contributed by atoms with E-state index in [0.29, 0.717) is 36.1 Å². The molecule has 1 saturated heterocycles. The number of ether oxygens (including phenoxy) is 2. The molecular weight excluding hydrogens is 510 g/mol. The minimum absolute atomic E-state index is 0.226. The third-order valence-corrected chi connectivity index (χ3v) is 7.01. The summed E-state index contributed by atoms with van der Waals surface area (Å²) in [6.07, 6.45) is 1.28. The first-order valence-corrected chi connectivity index (χ1v) is 13.4. The largest absolute Gasteiger partial charge is 0.392 e. The SMILES string of the molecule is Cc1cc(-c2cc3nc(-n4ccc(-c5ccccc5)n4)cc(N4CCOCC4)n3n2)nn1COCC(N)C(C)O. The average molecular weight is 544 g/mol. The number of hydrogen-bond donors (Lipinski definition) is 2. The van der Waals surface area contributed by atoms with Gasteiger partial charge in [0.1, 0.15) is 23.9 Å². The highest BCUT2D eigenvalue weighted by Gasteiger charge is 2.20. The van der Waals surface area contributed by atoms with E-state index in [1.807, 2.05) is 72.2 Å². The van der Waals surface area contributed by atoms with Crippen LogP contribution in [0.15, 0.2) is 60.8 Å². The molecule has 1 aromatic carbocycles. The molecule has 6 rings (SSSR count). The van der Waals surface area contributed by atoms with Gasteiger partial charge in [0.25, 0.3) is 0 Å². The quantitative estimate of drug-likeness (QED) is 0.287. The molecule has 1 fully saturated rings. The number of aliphatic hydroxyl groups is 1. The summed E-state index contributed by atoms with van der Waals surface area (Å²) in [4.78, 5) is 7.17. The lowest BCUT2D eigenvalue weighted by Crippen LogP contribution is -2.37. The van der Waals surface area contributed by atoms with Crippen LogP contribution >= 0.6 is 0 Å². The minimum Gasteiger partial charge on any atom is -0.392 e. The van der Waals surface area contributed by atoms with Gasteiger partial charge in [0.15, 0.2) is 11.5 Å². The van der Waals surface area contributed by atoms with Crippen LogP contribution in [-0.4, -0.2) is 84.3 Å². The summed E-state index contributed by atoms with van der Waals surface area (Å²) in [5.74, 6) is 1.62. The molecule has 1 aliphatic rings. The maximum atomic E-state index is 9.60. The fourth-order valence-electron chi connectivity index (χ4n) is 4.60. The Morgan fingerprint density at radius 1 is 1.00 bits per heavy atom. The Morgan fingerprint density at radius 2 is 1.77 bits per heavy atom. The molecule has 12 nitrogen and oxygen atoms in total. The van der Waals surface area contributed by atoms with Crippen molar-refractivity contribution in [3.05, 3.63) is 66.5 Å². The monoisotopic (exact) mass is 543 g/mol. The lowest BCUT2D eigenvalue weighted by molar-refractivity contribution is 0.0297. The Bertz CT molecular complexity index is 1590. The van der Waals surface area contributed by atoms with E-state index in [9.17, 15) is 5.11 Å². The van der Waals surface area contributed by atoms with Gasteiger partial charge in [-0.2, -0.15) is 19.8 Å². The first-order chi connectivity index (χ1) is 19.5. The molecule has 0 bridgehead atoms. The number of aliphatic hydroxyl groups excluding tert-OH is 1. The van der Waals surface area contributed by atoms with E-state index in [0.717, 1.165) is 35.9 Å². The van der Waals surface area contributed by atoms with Crippen LogP contribution in [0.3, 0.4) is 0 Å². The summed E-state index contributed by atoms with van der Waals surface area (Å²) in [5, 5.41) is 24.0. The summed E-state index contributed by atoms with van der Waals surface area (Å²) >= 11 is 0. The number of fused-ring (bicyclic) bond motifs is 1. The Morgan fingerprint density at radius 3 is 2.55 bits per heavy atom. The van der Waals surface area contributed by atoms with Crippen molar-refractivity contribution in [1.29, 1.82) is 0 Å². The van der Waals surface area contributed by atoms with E-state index in [-0.39, 0.29) is 13.3 Å². The van der Waals surface area contributed by atoms with Crippen molar-refractivity contribution in [3.63, 3.8) is 0 Å². The van der Waals surface area contributed by atoms with Crippen LogP contribution in [0, 0.1) is 6.92 Å². The number of morpholine rings is 1. The Balaban J connectivity index is 1.34. The van der Waals surface area contributed by atoms with Crippen molar-refractivity contribution in [1.82, 2.24) is 34.2 Å². The number of rotatable bonds is 9. The third-order valence-electron chi connectivity index (χ3n) is 7.01. The van der Waals surface area contributed by atoms with Gasteiger partial charge in [0.2, 0.25) is 0 Å². The fourth-order valence-corrected chi connectivity index (χ4v) is 4.60. The Kier molecular flexibility index (Phi) is 7.30. The number of nitrogens with two attached hydrogens (primary N) is 1. The second kappa shape index (κ2) is 11.2. The van der Waals surface area contributed by atoms with Gasteiger partial charge in [0.05, 0.1) is 37.7 Å². The molecule has 3 N–H and O–H groups in total. The number of anilines is 1. The molecule has 12 heteroatoms. The second-order valence-electron chi connectivity index (χ2n) is 9.96. The van der Waals surface area contributed by atoms with Crippen molar-refractivity contribution in [3.8, 4) is 28.5 Å². The van der Waals surface area contributed by atoms with Crippen LogP contribution in [0.25, 0.3) is 34.1 Å². The van der Waals surface area contributed by atoms with E-state index in [1.54, 1.807) is 16.3 Å². The molecule has 5 aromatic rings. The number of aryl methyl sites for hydroxylation is 1. The summed E-state index contributed by atoms with van der Waals surface area (Å²) in [5.41, 5.74) is 10.8. The van der Waals surface area contributed by atoms with Crippen LogP contribution < -0.4 is 10.6 Å². The van der Waals surface area contributed by atoms with E-state index >= 15 is 0 Å². The van der Waals surface area contributed by atoms with Crippen molar-refractivity contribution in [2.75, 3.05) is 37.8 Å². The van der Waals surface area contributed by atoms with Gasteiger partial charge in [-0.25, -0.2) is 14.3 Å². The van der Waals surface area contributed by atoms with Crippen LogP contribution in [0.2, 0.25) is 0 Å². The maximum absolute atomic E-state index is 9.60.